The minimum Gasteiger partial charge on any atom is -0.489 e. The van der Waals surface area contributed by atoms with Crippen molar-refractivity contribution in [2.75, 3.05) is 55.0 Å². The molecule has 0 saturated carbocycles. The van der Waals surface area contributed by atoms with Crippen LogP contribution in [0.15, 0.2) is 55.8 Å². The summed E-state index contributed by atoms with van der Waals surface area (Å²) in [6.45, 7) is 18.0. The van der Waals surface area contributed by atoms with Gasteiger partial charge in [-0.1, -0.05) is 32.2 Å². The first-order valence-corrected chi connectivity index (χ1v) is 22.5. The molecule has 9 rings (SSSR count). The average molecular weight is 852 g/mol. The third-order valence-corrected chi connectivity index (χ3v) is 15.1. The molecule has 2 aromatic carbocycles. The van der Waals surface area contributed by atoms with Crippen LogP contribution in [0.3, 0.4) is 0 Å². The molecule has 3 fully saturated rings. The Morgan fingerprint density at radius 3 is 2.61 bits per heavy atom. The molecule has 1 N–H and O–H groups in total. The number of carbonyl (C=O) groups excluding carboxylic acids is 2. The predicted molar refractivity (Wildman–Crippen MR) is 238 cm³/mol. The number of alkyl halides is 3. The number of carbonyl (C=O) groups is 2. The summed E-state index contributed by atoms with van der Waals surface area (Å²) >= 11 is 0. The van der Waals surface area contributed by atoms with E-state index in [1.165, 1.54) is 0 Å². The fourth-order valence-electron chi connectivity index (χ4n) is 12.0. The van der Waals surface area contributed by atoms with Gasteiger partial charge in [0.1, 0.15) is 23.7 Å². The number of ketones is 2. The summed E-state index contributed by atoms with van der Waals surface area (Å²) in [5.74, 6) is 0.815. The summed E-state index contributed by atoms with van der Waals surface area (Å²) in [5, 5.41) is 3.22. The second kappa shape index (κ2) is 16.4. The Morgan fingerprint density at radius 2 is 1.92 bits per heavy atom. The lowest BCUT2D eigenvalue weighted by Gasteiger charge is -2.48. The summed E-state index contributed by atoms with van der Waals surface area (Å²) in [6.07, 6.45) is 4.28. The average Bonchev–Trinajstić information content (AvgIpc) is 3.79. The number of aromatic nitrogens is 1. The number of fused-ring (bicyclic) bond motifs is 5. The van der Waals surface area contributed by atoms with E-state index in [1.807, 2.05) is 50.5 Å². The minimum absolute atomic E-state index is 0.0490. The smallest absolute Gasteiger partial charge is 0.389 e. The zero-order chi connectivity index (χ0) is 43.7. The zero-order valence-corrected chi connectivity index (χ0v) is 36.5. The van der Waals surface area contributed by atoms with E-state index in [0.29, 0.717) is 56.0 Å². The van der Waals surface area contributed by atoms with Crippen LogP contribution in [-0.2, 0) is 27.3 Å². The quantitative estimate of drug-likeness (QED) is 0.192. The van der Waals surface area contributed by atoms with Crippen molar-refractivity contribution in [1.82, 2.24) is 9.88 Å². The highest BCUT2D eigenvalue weighted by Gasteiger charge is 2.51. The fraction of sp³-hybridized carbons (Fsp3) is 0.540. The van der Waals surface area contributed by atoms with E-state index in [4.69, 9.17) is 14.5 Å². The second-order valence-electron chi connectivity index (χ2n) is 19.3. The highest BCUT2D eigenvalue weighted by atomic mass is 19.4. The summed E-state index contributed by atoms with van der Waals surface area (Å²) in [5.41, 5.74) is 9.44. The molecule has 62 heavy (non-hydrogen) atoms. The molecule has 1 spiro atoms. The number of hydrogen-bond acceptors (Lipinski definition) is 9. The van der Waals surface area contributed by atoms with E-state index < -0.39 is 24.4 Å². The monoisotopic (exact) mass is 851 g/mol. The van der Waals surface area contributed by atoms with Crippen molar-refractivity contribution in [3.05, 3.63) is 89.3 Å². The van der Waals surface area contributed by atoms with Gasteiger partial charge in [0.15, 0.2) is 5.78 Å². The molecule has 7 atom stereocenters. The van der Waals surface area contributed by atoms with Crippen molar-refractivity contribution in [2.24, 2.45) is 23.7 Å². The zero-order valence-electron chi connectivity index (χ0n) is 36.5. The van der Waals surface area contributed by atoms with Crippen LogP contribution in [0.2, 0.25) is 0 Å². The van der Waals surface area contributed by atoms with Crippen molar-refractivity contribution < 1.29 is 32.2 Å². The highest BCUT2D eigenvalue weighted by Crippen LogP contribution is 2.51. The summed E-state index contributed by atoms with van der Waals surface area (Å²) in [6, 6.07) is 12.2. The molecular weight excluding hydrogens is 792 g/mol. The molecule has 3 saturated heterocycles. The molecule has 6 aliphatic rings. The van der Waals surface area contributed by atoms with Gasteiger partial charge in [-0.15, -0.1) is 0 Å². The van der Waals surface area contributed by atoms with Crippen LogP contribution in [0, 0.1) is 23.7 Å². The standard InChI is InChI=1S/C50H60F3N5O4/c1-7-38-41-16-29(2)42(22-50(51,52)53)48(39(41)10-12-43(38)54-6)44-11-9-36(23-55-44)56-27-49(28-56)21-34(25-62-49)17-33-14-15-57-37(18-33)26-61-47-20-40-31(4)58(24-35(40)19-46(47)57)45(32(5)60)13-8-30(3)59/h7,9-12,19-20,23,29,33-34,37,42,45,48,54H,1,4,8,13-18,21-22,24-28H2,2-3,5-6H3/t29-,33?,34?,37+,42?,45?,48-/m1/s1. The largest absolute Gasteiger partial charge is 0.489 e. The molecule has 9 nitrogen and oxygen atoms in total. The molecule has 3 aromatic rings. The lowest BCUT2D eigenvalue weighted by atomic mass is 9.66. The number of anilines is 3. The molecule has 330 valence electrons. The van der Waals surface area contributed by atoms with Crippen LogP contribution in [0.5, 0.6) is 5.75 Å². The maximum atomic E-state index is 14.0. The van der Waals surface area contributed by atoms with Gasteiger partial charge >= 0.3 is 6.18 Å². The summed E-state index contributed by atoms with van der Waals surface area (Å²) in [7, 11) is 1.85. The number of nitrogens with zero attached hydrogens (tertiary/aromatic N) is 4. The molecule has 1 aliphatic carbocycles. The van der Waals surface area contributed by atoms with Crippen LogP contribution in [0.1, 0.15) is 105 Å². The Bertz CT molecular complexity index is 2250. The van der Waals surface area contributed by atoms with Gasteiger partial charge < -0.3 is 34.3 Å². The van der Waals surface area contributed by atoms with Crippen molar-refractivity contribution >= 4 is 40.4 Å². The first-order chi connectivity index (χ1) is 29.6. The van der Waals surface area contributed by atoms with Crippen molar-refractivity contribution in [3.8, 4) is 5.75 Å². The lowest BCUT2D eigenvalue weighted by molar-refractivity contribution is -0.149. The number of nitrogens with one attached hydrogen (secondary N) is 1. The predicted octanol–water partition coefficient (Wildman–Crippen LogP) is 9.44. The Kier molecular flexibility index (Phi) is 11.2. The minimum atomic E-state index is -4.27. The Morgan fingerprint density at radius 1 is 1.11 bits per heavy atom. The van der Waals surface area contributed by atoms with E-state index >= 15 is 0 Å². The number of benzene rings is 2. The van der Waals surface area contributed by atoms with E-state index in [-0.39, 0.29) is 29.1 Å². The number of ether oxygens (including phenoxy) is 2. The number of rotatable bonds is 12. The van der Waals surface area contributed by atoms with Gasteiger partial charge in [-0.2, -0.15) is 13.2 Å². The molecular formula is C50H60F3N5O4. The topological polar surface area (TPSA) is 87.2 Å². The molecule has 12 heteroatoms. The molecule has 4 unspecified atom stereocenters. The molecule has 0 bridgehead atoms. The van der Waals surface area contributed by atoms with E-state index in [0.717, 1.165) is 108 Å². The third kappa shape index (κ3) is 7.89. The molecule has 0 amide bonds. The van der Waals surface area contributed by atoms with Gasteiger partial charge in [-0.05, 0) is 123 Å². The van der Waals surface area contributed by atoms with E-state index in [1.54, 1.807) is 13.8 Å². The number of piperidine rings is 1. The van der Waals surface area contributed by atoms with E-state index in [9.17, 15) is 22.8 Å². The molecule has 0 radical (unpaired) electrons. The van der Waals surface area contributed by atoms with Crippen molar-refractivity contribution in [3.63, 3.8) is 0 Å². The van der Waals surface area contributed by atoms with Gasteiger partial charge in [0.2, 0.25) is 0 Å². The van der Waals surface area contributed by atoms with E-state index in [2.05, 4.69) is 45.3 Å². The summed E-state index contributed by atoms with van der Waals surface area (Å²) in [4.78, 5) is 36.2. The third-order valence-electron chi connectivity index (χ3n) is 15.1. The molecule has 5 aliphatic heterocycles. The number of halogens is 3. The molecule has 6 heterocycles. The summed E-state index contributed by atoms with van der Waals surface area (Å²) < 4.78 is 55.0. The van der Waals surface area contributed by atoms with Gasteiger partial charge in [0, 0.05) is 80.2 Å². The number of Topliss-reactive ketones (excluding diaryl/α,β-unsaturated/α-hetero) is 2. The second-order valence-corrected chi connectivity index (χ2v) is 19.3. The van der Waals surface area contributed by atoms with Crippen molar-refractivity contribution in [2.45, 2.75) is 108 Å². The van der Waals surface area contributed by atoms with Gasteiger partial charge in [-0.3, -0.25) is 9.78 Å². The Balaban J connectivity index is 0.812. The fourth-order valence-corrected chi connectivity index (χ4v) is 12.0. The lowest BCUT2D eigenvalue weighted by Crippen LogP contribution is -2.61. The first-order valence-electron chi connectivity index (χ1n) is 22.5. The Hall–Kier alpha value is -4.84. The van der Waals surface area contributed by atoms with Crippen LogP contribution in [0.25, 0.3) is 11.8 Å². The highest BCUT2D eigenvalue weighted by molar-refractivity contribution is 5.86. The van der Waals surface area contributed by atoms with Gasteiger partial charge in [0.25, 0.3) is 0 Å². The Labute approximate surface area is 363 Å². The SMILES string of the molecule is C=Cc1c(NC)ccc2c1C[C@@H](C)C(CC(F)(F)F)[C@@H]2c1ccc(N2CC3(CC(CC4CCN5c6cc7c(cc6OC[C@@H]5C4)C(=C)N(C(CCC(C)=O)C(C)=O)C7)CO3)C2)cn1. The van der Waals surface area contributed by atoms with Crippen LogP contribution < -0.4 is 19.9 Å². The molecule has 1 aromatic heterocycles. The maximum Gasteiger partial charge on any atom is 0.389 e. The van der Waals surface area contributed by atoms with Crippen LogP contribution >= 0.6 is 0 Å². The van der Waals surface area contributed by atoms with Gasteiger partial charge in [0.05, 0.1) is 36.3 Å². The maximum absolute atomic E-state index is 14.0. The first kappa shape index (κ1) is 42.5. The normalized spacial score (nSPS) is 26.5. The van der Waals surface area contributed by atoms with Crippen molar-refractivity contribution in [1.29, 1.82) is 0 Å². The van der Waals surface area contributed by atoms with Crippen LogP contribution in [0.4, 0.5) is 30.2 Å². The van der Waals surface area contributed by atoms with Gasteiger partial charge in [-0.25, -0.2) is 0 Å². The van der Waals surface area contributed by atoms with Crippen LogP contribution in [-0.4, -0.2) is 85.2 Å². The number of hydrogen-bond donors (Lipinski definition) is 1. The number of pyridine rings is 1.